The number of aromatic nitrogens is 2. The van der Waals surface area contributed by atoms with E-state index in [1.807, 2.05) is 42.5 Å². The highest BCUT2D eigenvalue weighted by Crippen LogP contribution is 2.33. The number of rotatable bonds is 3. The first-order valence-corrected chi connectivity index (χ1v) is 9.07. The molecule has 3 aromatic rings. The maximum atomic E-state index is 6.39. The Morgan fingerprint density at radius 3 is 2.50 bits per heavy atom. The Hall–Kier alpha value is -2.37. The molecule has 1 aliphatic rings. The minimum absolute atomic E-state index is 0.655. The van der Waals surface area contributed by atoms with Gasteiger partial charge in [0.1, 0.15) is 11.6 Å². The highest BCUT2D eigenvalue weighted by atomic mass is 35.5. The van der Waals surface area contributed by atoms with Crippen LogP contribution < -0.4 is 9.64 Å². The van der Waals surface area contributed by atoms with Crippen LogP contribution in [-0.2, 0) is 0 Å². The van der Waals surface area contributed by atoms with E-state index in [0.29, 0.717) is 10.8 Å². The number of benzene rings is 2. The topological polar surface area (TPSA) is 41.5 Å². The standard InChI is InChI=1S/C20H21ClN4O/c1-24-9-11-25(12-10-24)20-16-13-14(26-2)7-8-18(16)22-19(23-20)15-5-3-4-6-17(15)21/h3-8,13H,9-12H2,1-2H3. The van der Waals surface area contributed by atoms with Crippen molar-refractivity contribution in [3.05, 3.63) is 47.5 Å². The molecule has 1 fully saturated rings. The summed E-state index contributed by atoms with van der Waals surface area (Å²) in [5.74, 6) is 2.40. The van der Waals surface area contributed by atoms with E-state index >= 15 is 0 Å². The third-order valence-corrected chi connectivity index (χ3v) is 5.13. The van der Waals surface area contributed by atoms with Crippen molar-refractivity contribution in [2.45, 2.75) is 0 Å². The molecule has 26 heavy (non-hydrogen) atoms. The van der Waals surface area contributed by atoms with Crippen LogP contribution in [-0.4, -0.2) is 55.2 Å². The molecule has 0 bridgehead atoms. The average Bonchev–Trinajstić information content (AvgIpc) is 2.68. The van der Waals surface area contributed by atoms with Gasteiger partial charge in [-0.2, -0.15) is 0 Å². The van der Waals surface area contributed by atoms with Gasteiger partial charge >= 0.3 is 0 Å². The lowest BCUT2D eigenvalue weighted by atomic mass is 10.1. The molecule has 6 heteroatoms. The summed E-state index contributed by atoms with van der Waals surface area (Å²) in [5, 5.41) is 1.66. The first-order chi connectivity index (χ1) is 12.7. The second-order valence-electron chi connectivity index (χ2n) is 6.52. The number of fused-ring (bicyclic) bond motifs is 1. The van der Waals surface area contributed by atoms with Gasteiger partial charge in [0, 0.05) is 37.1 Å². The van der Waals surface area contributed by atoms with Crippen LogP contribution in [0.5, 0.6) is 5.75 Å². The lowest BCUT2D eigenvalue weighted by Gasteiger charge is -2.34. The summed E-state index contributed by atoms with van der Waals surface area (Å²) in [6.07, 6.45) is 0. The molecule has 0 amide bonds. The number of hydrogen-bond donors (Lipinski definition) is 0. The Kier molecular flexibility index (Phi) is 4.66. The summed E-state index contributed by atoms with van der Waals surface area (Å²) >= 11 is 6.39. The number of halogens is 1. The van der Waals surface area contributed by atoms with Crippen LogP contribution in [0.25, 0.3) is 22.3 Å². The van der Waals surface area contributed by atoms with E-state index in [2.05, 4.69) is 16.8 Å². The van der Waals surface area contributed by atoms with Crippen molar-refractivity contribution < 1.29 is 4.74 Å². The van der Waals surface area contributed by atoms with Gasteiger partial charge in [0.15, 0.2) is 5.82 Å². The van der Waals surface area contributed by atoms with Gasteiger partial charge < -0.3 is 14.5 Å². The molecule has 2 aromatic carbocycles. The molecule has 5 nitrogen and oxygen atoms in total. The van der Waals surface area contributed by atoms with E-state index in [4.69, 9.17) is 26.3 Å². The summed E-state index contributed by atoms with van der Waals surface area (Å²) < 4.78 is 5.41. The van der Waals surface area contributed by atoms with E-state index in [1.165, 1.54) is 0 Å². The third-order valence-electron chi connectivity index (χ3n) is 4.80. The smallest absolute Gasteiger partial charge is 0.163 e. The van der Waals surface area contributed by atoms with Crippen molar-refractivity contribution in [2.24, 2.45) is 0 Å². The second-order valence-corrected chi connectivity index (χ2v) is 6.93. The molecular weight excluding hydrogens is 348 g/mol. The number of anilines is 1. The monoisotopic (exact) mass is 368 g/mol. The van der Waals surface area contributed by atoms with Gasteiger partial charge in [0.2, 0.25) is 0 Å². The molecule has 0 atom stereocenters. The number of methoxy groups -OCH3 is 1. The lowest BCUT2D eigenvalue weighted by Crippen LogP contribution is -2.45. The molecule has 0 unspecified atom stereocenters. The Morgan fingerprint density at radius 1 is 1.00 bits per heavy atom. The predicted octanol–water partition coefficient (Wildman–Crippen LogP) is 3.71. The number of hydrogen-bond acceptors (Lipinski definition) is 5. The van der Waals surface area contributed by atoms with Crippen LogP contribution in [0.15, 0.2) is 42.5 Å². The van der Waals surface area contributed by atoms with E-state index < -0.39 is 0 Å². The Labute approximate surface area is 158 Å². The van der Waals surface area contributed by atoms with E-state index in [1.54, 1.807) is 7.11 Å². The van der Waals surface area contributed by atoms with Gasteiger partial charge in [-0.1, -0.05) is 23.7 Å². The number of piperazine rings is 1. The maximum absolute atomic E-state index is 6.39. The fourth-order valence-corrected chi connectivity index (χ4v) is 3.46. The van der Waals surface area contributed by atoms with Crippen LogP contribution in [0.4, 0.5) is 5.82 Å². The Bertz CT molecular complexity index is 938. The third kappa shape index (κ3) is 3.20. The fraction of sp³-hybridized carbons (Fsp3) is 0.300. The molecule has 1 aromatic heterocycles. The van der Waals surface area contributed by atoms with Gasteiger partial charge in [-0.3, -0.25) is 0 Å². The Balaban J connectivity index is 1.89. The maximum Gasteiger partial charge on any atom is 0.163 e. The van der Waals surface area contributed by atoms with Crippen molar-refractivity contribution in [1.29, 1.82) is 0 Å². The molecule has 2 heterocycles. The molecule has 4 rings (SSSR count). The molecule has 134 valence electrons. The van der Waals surface area contributed by atoms with Crippen molar-refractivity contribution >= 4 is 28.3 Å². The number of likely N-dealkylation sites (N-methyl/N-ethyl adjacent to an activating group) is 1. The zero-order valence-electron chi connectivity index (χ0n) is 14.9. The van der Waals surface area contributed by atoms with E-state index in [0.717, 1.165) is 54.2 Å². The van der Waals surface area contributed by atoms with Gasteiger partial charge in [0.05, 0.1) is 17.6 Å². The predicted molar refractivity (Wildman–Crippen MR) is 106 cm³/mol. The molecule has 0 radical (unpaired) electrons. The van der Waals surface area contributed by atoms with Crippen molar-refractivity contribution in [1.82, 2.24) is 14.9 Å². The highest BCUT2D eigenvalue weighted by Gasteiger charge is 2.20. The molecule has 0 N–H and O–H groups in total. The van der Waals surface area contributed by atoms with Crippen LogP contribution in [0.1, 0.15) is 0 Å². The largest absolute Gasteiger partial charge is 0.497 e. The minimum Gasteiger partial charge on any atom is -0.497 e. The summed E-state index contributed by atoms with van der Waals surface area (Å²) in [7, 11) is 3.82. The molecule has 0 saturated carbocycles. The normalized spacial score (nSPS) is 15.4. The summed E-state index contributed by atoms with van der Waals surface area (Å²) in [4.78, 5) is 14.3. The SMILES string of the molecule is COc1ccc2nc(-c3ccccc3Cl)nc(N3CCN(C)CC3)c2c1. The van der Waals surface area contributed by atoms with E-state index in [-0.39, 0.29) is 0 Å². The van der Waals surface area contributed by atoms with Gasteiger partial charge in [0.25, 0.3) is 0 Å². The van der Waals surface area contributed by atoms with Gasteiger partial charge in [-0.05, 0) is 37.4 Å². The van der Waals surface area contributed by atoms with Crippen molar-refractivity contribution in [3.8, 4) is 17.1 Å². The van der Waals surface area contributed by atoms with E-state index in [9.17, 15) is 0 Å². The van der Waals surface area contributed by atoms with Crippen LogP contribution in [0, 0.1) is 0 Å². The Morgan fingerprint density at radius 2 is 1.77 bits per heavy atom. The van der Waals surface area contributed by atoms with Crippen molar-refractivity contribution in [2.75, 3.05) is 45.2 Å². The fourth-order valence-electron chi connectivity index (χ4n) is 3.24. The second kappa shape index (κ2) is 7.09. The van der Waals surface area contributed by atoms with Gasteiger partial charge in [-0.15, -0.1) is 0 Å². The van der Waals surface area contributed by atoms with Gasteiger partial charge in [-0.25, -0.2) is 9.97 Å². The molecule has 1 aliphatic heterocycles. The molecule has 1 saturated heterocycles. The lowest BCUT2D eigenvalue weighted by molar-refractivity contribution is 0.312. The summed E-state index contributed by atoms with van der Waals surface area (Å²) in [6.45, 7) is 3.89. The zero-order valence-corrected chi connectivity index (χ0v) is 15.7. The summed E-state index contributed by atoms with van der Waals surface area (Å²) in [6, 6.07) is 13.6. The van der Waals surface area contributed by atoms with Crippen LogP contribution >= 0.6 is 11.6 Å². The molecule has 0 aliphatic carbocycles. The van der Waals surface area contributed by atoms with Crippen LogP contribution in [0.2, 0.25) is 5.02 Å². The van der Waals surface area contributed by atoms with Crippen molar-refractivity contribution in [3.63, 3.8) is 0 Å². The minimum atomic E-state index is 0.655. The average molecular weight is 369 g/mol. The molecule has 0 spiro atoms. The highest BCUT2D eigenvalue weighted by molar-refractivity contribution is 6.33. The zero-order chi connectivity index (χ0) is 18.1. The molecular formula is C20H21ClN4O. The van der Waals surface area contributed by atoms with Crippen LogP contribution in [0.3, 0.4) is 0 Å². The number of nitrogens with zero attached hydrogens (tertiary/aromatic N) is 4. The summed E-state index contributed by atoms with van der Waals surface area (Å²) in [5.41, 5.74) is 1.74. The quantitative estimate of drug-likeness (QED) is 0.705. The first kappa shape index (κ1) is 17.1. The first-order valence-electron chi connectivity index (χ1n) is 8.70. The number of ether oxygens (including phenoxy) is 1.